The van der Waals surface area contributed by atoms with Crippen LogP contribution in [0.2, 0.25) is 0 Å². The van der Waals surface area contributed by atoms with Crippen LogP contribution < -0.4 is 11.1 Å². The van der Waals surface area contributed by atoms with Crippen molar-refractivity contribution in [3.05, 3.63) is 24.0 Å². The Hall–Kier alpha value is -1.29. The molecule has 1 amide bonds. The van der Waals surface area contributed by atoms with Crippen molar-refractivity contribution in [3.8, 4) is 0 Å². The number of nitrogens with zero attached hydrogens (tertiary/aromatic N) is 1. The van der Waals surface area contributed by atoms with Crippen molar-refractivity contribution in [2.75, 3.05) is 6.54 Å². The molecule has 2 rings (SSSR count). The average Bonchev–Trinajstić information content (AvgIpc) is 2.86. The van der Waals surface area contributed by atoms with Crippen LogP contribution in [0.1, 0.15) is 29.8 Å². The van der Waals surface area contributed by atoms with Gasteiger partial charge in [0, 0.05) is 19.3 Å². The number of carbonyl (C=O) groups is 1. The summed E-state index contributed by atoms with van der Waals surface area (Å²) in [5.74, 6) is 0.460. The van der Waals surface area contributed by atoms with Gasteiger partial charge in [0.05, 0.1) is 0 Å². The SMILES string of the molecule is Cn1cccc1C(=O)NC1CCCC1CN. The largest absolute Gasteiger partial charge is 0.348 e. The Morgan fingerprint density at radius 3 is 3.06 bits per heavy atom. The molecule has 1 aliphatic carbocycles. The van der Waals surface area contributed by atoms with Gasteiger partial charge in [-0.3, -0.25) is 4.79 Å². The van der Waals surface area contributed by atoms with Gasteiger partial charge >= 0.3 is 0 Å². The summed E-state index contributed by atoms with van der Waals surface area (Å²) in [7, 11) is 1.88. The Balaban J connectivity index is 2.00. The van der Waals surface area contributed by atoms with E-state index >= 15 is 0 Å². The van der Waals surface area contributed by atoms with E-state index in [2.05, 4.69) is 5.32 Å². The lowest BCUT2D eigenvalue weighted by molar-refractivity contribution is 0.0920. The molecule has 0 aromatic carbocycles. The van der Waals surface area contributed by atoms with Crippen LogP contribution >= 0.6 is 0 Å². The van der Waals surface area contributed by atoms with Crippen LogP contribution in [0.4, 0.5) is 0 Å². The summed E-state index contributed by atoms with van der Waals surface area (Å²) in [5.41, 5.74) is 6.40. The number of hydrogen-bond donors (Lipinski definition) is 2. The van der Waals surface area contributed by atoms with Gasteiger partial charge in [-0.05, 0) is 37.4 Å². The molecule has 3 N–H and O–H groups in total. The number of aryl methyl sites for hydroxylation is 1. The van der Waals surface area contributed by atoms with Crippen molar-refractivity contribution in [2.24, 2.45) is 18.7 Å². The molecule has 88 valence electrons. The van der Waals surface area contributed by atoms with Gasteiger partial charge in [0.2, 0.25) is 0 Å². The van der Waals surface area contributed by atoms with Crippen molar-refractivity contribution in [3.63, 3.8) is 0 Å². The van der Waals surface area contributed by atoms with Crippen molar-refractivity contribution in [1.82, 2.24) is 9.88 Å². The number of nitrogens with one attached hydrogen (secondary N) is 1. The van der Waals surface area contributed by atoms with Crippen LogP contribution in [0.3, 0.4) is 0 Å². The zero-order valence-corrected chi connectivity index (χ0v) is 9.65. The van der Waals surface area contributed by atoms with E-state index in [1.807, 2.05) is 29.9 Å². The van der Waals surface area contributed by atoms with Gasteiger partial charge in [-0.2, -0.15) is 0 Å². The van der Waals surface area contributed by atoms with Crippen LogP contribution in [-0.2, 0) is 7.05 Å². The quantitative estimate of drug-likeness (QED) is 0.796. The van der Waals surface area contributed by atoms with Crippen LogP contribution in [0, 0.1) is 5.92 Å². The number of nitrogens with two attached hydrogens (primary N) is 1. The predicted octanol–water partition coefficient (Wildman–Crippen LogP) is 0.882. The molecule has 0 radical (unpaired) electrons. The van der Waals surface area contributed by atoms with E-state index in [0.717, 1.165) is 12.8 Å². The van der Waals surface area contributed by atoms with Crippen LogP contribution in [-0.4, -0.2) is 23.1 Å². The summed E-state index contributed by atoms with van der Waals surface area (Å²) < 4.78 is 1.84. The Labute approximate surface area is 95.8 Å². The zero-order valence-electron chi connectivity index (χ0n) is 9.65. The maximum absolute atomic E-state index is 12.0. The molecule has 1 aromatic heterocycles. The maximum Gasteiger partial charge on any atom is 0.268 e. The molecule has 0 aliphatic heterocycles. The van der Waals surface area contributed by atoms with E-state index in [1.54, 1.807) is 0 Å². The maximum atomic E-state index is 12.0. The van der Waals surface area contributed by atoms with Crippen molar-refractivity contribution < 1.29 is 4.79 Å². The first kappa shape index (κ1) is 11.2. The third-order valence-corrected chi connectivity index (χ3v) is 3.45. The Morgan fingerprint density at radius 1 is 1.62 bits per heavy atom. The first-order valence-corrected chi connectivity index (χ1v) is 5.84. The van der Waals surface area contributed by atoms with Crippen LogP contribution in [0.25, 0.3) is 0 Å². The fourth-order valence-corrected chi connectivity index (χ4v) is 2.45. The highest BCUT2D eigenvalue weighted by atomic mass is 16.2. The fraction of sp³-hybridized carbons (Fsp3) is 0.583. The van der Waals surface area contributed by atoms with Gasteiger partial charge in [0.1, 0.15) is 5.69 Å². The first-order chi connectivity index (χ1) is 7.72. The summed E-state index contributed by atoms with van der Waals surface area (Å²) in [5, 5.41) is 3.08. The van der Waals surface area contributed by atoms with Gasteiger partial charge in [0.15, 0.2) is 0 Å². The lowest BCUT2D eigenvalue weighted by Gasteiger charge is -2.19. The zero-order chi connectivity index (χ0) is 11.5. The second-order valence-corrected chi connectivity index (χ2v) is 4.51. The van der Waals surface area contributed by atoms with Crippen molar-refractivity contribution in [2.45, 2.75) is 25.3 Å². The minimum atomic E-state index is 0.0119. The lowest BCUT2D eigenvalue weighted by Crippen LogP contribution is -2.40. The van der Waals surface area contributed by atoms with E-state index < -0.39 is 0 Å². The smallest absolute Gasteiger partial charge is 0.268 e. The lowest BCUT2D eigenvalue weighted by atomic mass is 10.0. The summed E-state index contributed by atoms with van der Waals surface area (Å²) in [6.45, 7) is 0.665. The van der Waals surface area contributed by atoms with E-state index in [4.69, 9.17) is 5.73 Å². The first-order valence-electron chi connectivity index (χ1n) is 5.84. The van der Waals surface area contributed by atoms with Crippen LogP contribution in [0.15, 0.2) is 18.3 Å². The molecule has 1 aliphatic rings. The van der Waals surface area contributed by atoms with Gasteiger partial charge in [-0.1, -0.05) is 6.42 Å². The average molecular weight is 221 g/mol. The number of carbonyl (C=O) groups excluding carboxylic acids is 1. The molecular weight excluding hydrogens is 202 g/mol. The molecule has 1 saturated carbocycles. The molecule has 4 heteroatoms. The Morgan fingerprint density at radius 2 is 2.44 bits per heavy atom. The number of hydrogen-bond acceptors (Lipinski definition) is 2. The van der Waals surface area contributed by atoms with Gasteiger partial charge in [-0.25, -0.2) is 0 Å². The molecule has 1 heterocycles. The second-order valence-electron chi connectivity index (χ2n) is 4.51. The Bertz CT molecular complexity index is 372. The topological polar surface area (TPSA) is 60.0 Å². The molecule has 0 spiro atoms. The third-order valence-electron chi connectivity index (χ3n) is 3.45. The minimum Gasteiger partial charge on any atom is -0.348 e. The summed E-state index contributed by atoms with van der Waals surface area (Å²) in [4.78, 5) is 12.0. The van der Waals surface area contributed by atoms with E-state index in [1.165, 1.54) is 6.42 Å². The van der Waals surface area contributed by atoms with E-state index in [9.17, 15) is 4.79 Å². The highest BCUT2D eigenvalue weighted by molar-refractivity contribution is 5.92. The monoisotopic (exact) mass is 221 g/mol. The van der Waals surface area contributed by atoms with Gasteiger partial charge in [-0.15, -0.1) is 0 Å². The molecule has 0 saturated heterocycles. The molecule has 16 heavy (non-hydrogen) atoms. The second kappa shape index (κ2) is 4.70. The molecule has 2 unspecified atom stereocenters. The third kappa shape index (κ3) is 2.11. The summed E-state index contributed by atoms with van der Waals surface area (Å²) in [6, 6.07) is 3.97. The molecule has 2 atom stereocenters. The highest BCUT2D eigenvalue weighted by Crippen LogP contribution is 2.24. The highest BCUT2D eigenvalue weighted by Gasteiger charge is 2.27. The Kier molecular flexibility index (Phi) is 3.29. The minimum absolute atomic E-state index is 0.0119. The predicted molar refractivity (Wildman–Crippen MR) is 63.1 cm³/mol. The number of aromatic nitrogens is 1. The molecule has 1 fully saturated rings. The van der Waals surface area contributed by atoms with E-state index in [-0.39, 0.29) is 11.9 Å². The number of rotatable bonds is 3. The molecule has 1 aromatic rings. The standard InChI is InChI=1S/C12H19N3O/c1-15-7-3-6-11(15)12(16)14-10-5-2-4-9(10)8-13/h3,6-7,9-10H,2,4-5,8,13H2,1H3,(H,14,16). The van der Waals surface area contributed by atoms with Gasteiger partial charge < -0.3 is 15.6 Å². The van der Waals surface area contributed by atoms with Crippen molar-refractivity contribution >= 4 is 5.91 Å². The van der Waals surface area contributed by atoms with E-state index in [0.29, 0.717) is 18.2 Å². The summed E-state index contributed by atoms with van der Waals surface area (Å²) in [6.07, 6.45) is 5.23. The molecular formula is C12H19N3O. The fourth-order valence-electron chi connectivity index (χ4n) is 2.45. The normalized spacial score (nSPS) is 24.6. The van der Waals surface area contributed by atoms with Crippen LogP contribution in [0.5, 0.6) is 0 Å². The molecule has 0 bridgehead atoms. The molecule has 4 nitrogen and oxygen atoms in total. The number of amides is 1. The van der Waals surface area contributed by atoms with Crippen molar-refractivity contribution in [1.29, 1.82) is 0 Å². The summed E-state index contributed by atoms with van der Waals surface area (Å²) >= 11 is 0. The van der Waals surface area contributed by atoms with Gasteiger partial charge in [0.25, 0.3) is 5.91 Å².